The van der Waals surface area contributed by atoms with Crippen LogP contribution in [0.3, 0.4) is 0 Å². The molecule has 1 saturated heterocycles. The second-order valence-corrected chi connectivity index (χ2v) is 8.41. The molecule has 0 aromatic heterocycles. The van der Waals surface area contributed by atoms with Crippen LogP contribution in [0, 0.1) is 11.8 Å². The third-order valence-corrected chi connectivity index (χ3v) is 6.33. The molecule has 3 rings (SSSR count). The maximum Gasteiger partial charge on any atom is 0.326 e. The van der Waals surface area contributed by atoms with Crippen LogP contribution < -0.4 is 10.6 Å². The average Bonchev–Trinajstić information content (AvgIpc) is 2.94. The summed E-state index contributed by atoms with van der Waals surface area (Å²) in [6, 6.07) is 8.21. The molecule has 1 aliphatic heterocycles. The van der Waals surface area contributed by atoms with E-state index in [0.29, 0.717) is 17.4 Å². The summed E-state index contributed by atoms with van der Waals surface area (Å²) in [4.78, 5) is 50.2. The molecule has 2 aliphatic rings. The summed E-state index contributed by atoms with van der Waals surface area (Å²) in [5.41, 5.74) is -0.626. The molecule has 8 heteroatoms. The second kappa shape index (κ2) is 8.85. The van der Waals surface area contributed by atoms with Crippen molar-refractivity contribution in [3.8, 4) is 0 Å². The standard InChI is InChI=1S/C22H29N3O5/c1-14-8-7-11-17(15(14)2)23-18(26)13-30-19(27)12-25-20(28)22(3,24-21(25)29)16-9-5-4-6-10-16/h4-6,9-10,14-15,17H,7-8,11-13H2,1-3H3,(H,23,26)(H,24,29)/t14-,15+,17-,22+/m0/s1. The van der Waals surface area contributed by atoms with Gasteiger partial charge in [-0.25, -0.2) is 4.79 Å². The van der Waals surface area contributed by atoms with Gasteiger partial charge in [-0.1, -0.05) is 57.0 Å². The lowest BCUT2D eigenvalue weighted by molar-refractivity contribution is -0.151. The first kappa shape index (κ1) is 21.8. The van der Waals surface area contributed by atoms with Gasteiger partial charge in [0, 0.05) is 6.04 Å². The number of carbonyl (C=O) groups excluding carboxylic acids is 4. The van der Waals surface area contributed by atoms with Crippen LogP contribution in [0.4, 0.5) is 4.79 Å². The zero-order valence-electron chi connectivity index (χ0n) is 17.6. The van der Waals surface area contributed by atoms with Crippen LogP contribution in [0.15, 0.2) is 30.3 Å². The monoisotopic (exact) mass is 415 g/mol. The van der Waals surface area contributed by atoms with Crippen molar-refractivity contribution in [1.82, 2.24) is 15.5 Å². The topological polar surface area (TPSA) is 105 Å². The van der Waals surface area contributed by atoms with Crippen molar-refractivity contribution in [1.29, 1.82) is 0 Å². The molecule has 0 spiro atoms. The Bertz CT molecular complexity index is 827. The van der Waals surface area contributed by atoms with Crippen molar-refractivity contribution in [2.75, 3.05) is 13.2 Å². The summed E-state index contributed by atoms with van der Waals surface area (Å²) in [5.74, 6) is -0.827. The molecular weight excluding hydrogens is 386 g/mol. The molecular formula is C22H29N3O5. The quantitative estimate of drug-likeness (QED) is 0.546. The molecule has 1 heterocycles. The largest absolute Gasteiger partial charge is 0.454 e. The highest BCUT2D eigenvalue weighted by Gasteiger charge is 2.49. The van der Waals surface area contributed by atoms with Crippen LogP contribution in [0.1, 0.15) is 45.6 Å². The Morgan fingerprint density at radius 1 is 1.20 bits per heavy atom. The Morgan fingerprint density at radius 2 is 1.90 bits per heavy atom. The lowest BCUT2D eigenvalue weighted by atomic mass is 9.78. The number of hydrogen-bond donors (Lipinski definition) is 2. The number of rotatable bonds is 6. The van der Waals surface area contributed by atoms with E-state index in [4.69, 9.17) is 4.74 Å². The molecule has 2 N–H and O–H groups in total. The SMILES string of the molecule is C[C@H]1[C@@H](NC(=O)COC(=O)CN2C(=O)N[C@](C)(c3ccccc3)C2=O)CCC[C@@H]1C. The van der Waals surface area contributed by atoms with Crippen molar-refractivity contribution in [2.24, 2.45) is 11.8 Å². The number of amides is 4. The van der Waals surface area contributed by atoms with Crippen molar-refractivity contribution in [3.05, 3.63) is 35.9 Å². The number of carbonyl (C=O) groups is 4. The van der Waals surface area contributed by atoms with Crippen LogP contribution in [-0.4, -0.2) is 47.9 Å². The van der Waals surface area contributed by atoms with Gasteiger partial charge in [0.1, 0.15) is 12.1 Å². The number of imide groups is 1. The van der Waals surface area contributed by atoms with Crippen molar-refractivity contribution < 1.29 is 23.9 Å². The third kappa shape index (κ3) is 4.47. The number of nitrogens with one attached hydrogen (secondary N) is 2. The van der Waals surface area contributed by atoms with E-state index in [1.807, 2.05) is 6.07 Å². The van der Waals surface area contributed by atoms with E-state index in [-0.39, 0.29) is 11.9 Å². The maximum absolute atomic E-state index is 12.8. The summed E-state index contributed by atoms with van der Waals surface area (Å²) in [5, 5.41) is 5.55. The van der Waals surface area contributed by atoms with Crippen LogP contribution in [-0.2, 0) is 24.7 Å². The zero-order valence-corrected chi connectivity index (χ0v) is 17.6. The van der Waals surface area contributed by atoms with E-state index in [2.05, 4.69) is 24.5 Å². The minimum Gasteiger partial charge on any atom is -0.454 e. The zero-order chi connectivity index (χ0) is 21.9. The smallest absolute Gasteiger partial charge is 0.326 e. The lowest BCUT2D eigenvalue weighted by Gasteiger charge is -2.34. The van der Waals surface area contributed by atoms with Gasteiger partial charge in [0.05, 0.1) is 0 Å². The van der Waals surface area contributed by atoms with E-state index in [9.17, 15) is 19.2 Å². The Labute approximate surface area is 176 Å². The molecule has 30 heavy (non-hydrogen) atoms. The van der Waals surface area contributed by atoms with E-state index >= 15 is 0 Å². The molecule has 1 aromatic carbocycles. The highest BCUT2D eigenvalue weighted by atomic mass is 16.5. The number of ether oxygens (including phenoxy) is 1. The normalized spacial score (nSPS) is 28.8. The number of nitrogens with zero attached hydrogens (tertiary/aromatic N) is 1. The number of hydrogen-bond acceptors (Lipinski definition) is 5. The molecule has 162 valence electrons. The predicted molar refractivity (Wildman–Crippen MR) is 109 cm³/mol. The van der Waals surface area contributed by atoms with Gasteiger partial charge in [0.15, 0.2) is 6.61 Å². The highest BCUT2D eigenvalue weighted by molar-refractivity contribution is 6.08. The molecule has 1 saturated carbocycles. The summed E-state index contributed by atoms with van der Waals surface area (Å²) < 4.78 is 5.02. The summed E-state index contributed by atoms with van der Waals surface area (Å²) in [6.45, 7) is 4.90. The van der Waals surface area contributed by atoms with E-state index in [1.54, 1.807) is 31.2 Å². The first-order valence-corrected chi connectivity index (χ1v) is 10.4. The van der Waals surface area contributed by atoms with E-state index in [1.165, 1.54) is 0 Å². The minimum atomic E-state index is -1.25. The molecule has 1 aliphatic carbocycles. The fourth-order valence-corrected chi connectivity index (χ4v) is 4.16. The summed E-state index contributed by atoms with van der Waals surface area (Å²) in [7, 11) is 0. The maximum atomic E-state index is 12.8. The van der Waals surface area contributed by atoms with E-state index in [0.717, 1.165) is 24.2 Å². The minimum absolute atomic E-state index is 0.0671. The summed E-state index contributed by atoms with van der Waals surface area (Å²) >= 11 is 0. The third-order valence-electron chi connectivity index (χ3n) is 6.33. The first-order valence-electron chi connectivity index (χ1n) is 10.4. The van der Waals surface area contributed by atoms with Crippen LogP contribution in [0.5, 0.6) is 0 Å². The van der Waals surface area contributed by atoms with Crippen molar-refractivity contribution in [3.63, 3.8) is 0 Å². The predicted octanol–water partition coefficient (Wildman–Crippen LogP) is 1.94. The van der Waals surface area contributed by atoms with Gasteiger partial charge in [-0.3, -0.25) is 19.3 Å². The fraction of sp³-hybridized carbons (Fsp3) is 0.545. The lowest BCUT2D eigenvalue weighted by Crippen LogP contribution is -2.45. The molecule has 0 unspecified atom stereocenters. The first-order chi connectivity index (χ1) is 14.2. The van der Waals surface area contributed by atoms with Crippen molar-refractivity contribution >= 4 is 23.8 Å². The molecule has 1 aromatic rings. The molecule has 0 bridgehead atoms. The summed E-state index contributed by atoms with van der Waals surface area (Å²) in [6.07, 6.45) is 3.12. The van der Waals surface area contributed by atoms with Crippen LogP contribution in [0.2, 0.25) is 0 Å². The van der Waals surface area contributed by atoms with Gasteiger partial charge in [-0.05, 0) is 30.7 Å². The number of urea groups is 1. The van der Waals surface area contributed by atoms with Crippen molar-refractivity contribution in [2.45, 2.75) is 51.6 Å². The highest BCUT2D eigenvalue weighted by Crippen LogP contribution is 2.30. The van der Waals surface area contributed by atoms with Gasteiger partial charge >= 0.3 is 12.0 Å². The average molecular weight is 415 g/mol. The number of benzene rings is 1. The van der Waals surface area contributed by atoms with Crippen LogP contribution >= 0.6 is 0 Å². The molecule has 0 radical (unpaired) electrons. The molecule has 2 fully saturated rings. The Balaban J connectivity index is 1.52. The van der Waals surface area contributed by atoms with Gasteiger partial charge in [-0.15, -0.1) is 0 Å². The number of esters is 1. The Hall–Kier alpha value is -2.90. The van der Waals surface area contributed by atoms with Gasteiger partial charge in [0.25, 0.3) is 11.8 Å². The molecule has 8 nitrogen and oxygen atoms in total. The fourth-order valence-electron chi connectivity index (χ4n) is 4.16. The molecule has 4 atom stereocenters. The Kier molecular flexibility index (Phi) is 6.43. The van der Waals surface area contributed by atoms with Gasteiger partial charge in [-0.2, -0.15) is 0 Å². The van der Waals surface area contributed by atoms with Gasteiger partial charge in [0.2, 0.25) is 0 Å². The van der Waals surface area contributed by atoms with Gasteiger partial charge < -0.3 is 15.4 Å². The molecule has 4 amide bonds. The second-order valence-electron chi connectivity index (χ2n) is 8.41. The van der Waals surface area contributed by atoms with E-state index < -0.39 is 36.6 Å². The Morgan fingerprint density at radius 3 is 2.60 bits per heavy atom. The van der Waals surface area contributed by atoms with Crippen LogP contribution in [0.25, 0.3) is 0 Å².